The molecule has 1 aliphatic heterocycles. The zero-order valence-electron chi connectivity index (χ0n) is 14.1. The van der Waals surface area contributed by atoms with E-state index in [-0.39, 0.29) is 11.6 Å². The van der Waals surface area contributed by atoms with Crippen LogP contribution in [0.5, 0.6) is 0 Å². The number of ether oxygens (including phenoxy) is 2. The van der Waals surface area contributed by atoms with E-state index in [1.807, 2.05) is 0 Å². The number of rotatable bonds is 7. The van der Waals surface area contributed by atoms with E-state index >= 15 is 0 Å². The van der Waals surface area contributed by atoms with Crippen molar-refractivity contribution in [1.29, 1.82) is 0 Å². The van der Waals surface area contributed by atoms with E-state index in [9.17, 15) is 0 Å². The lowest BCUT2D eigenvalue weighted by atomic mass is 9.67. The lowest BCUT2D eigenvalue weighted by Crippen LogP contribution is -2.57. The molecule has 0 spiro atoms. The maximum Gasteiger partial charge on any atom is 0.0848 e. The molecule has 4 nitrogen and oxygen atoms in total. The van der Waals surface area contributed by atoms with E-state index in [0.717, 1.165) is 38.9 Å². The van der Waals surface area contributed by atoms with Crippen LogP contribution in [0.15, 0.2) is 0 Å². The summed E-state index contributed by atoms with van der Waals surface area (Å²) in [6.07, 6.45) is 9.61. The fourth-order valence-electron chi connectivity index (χ4n) is 3.95. The predicted octanol–water partition coefficient (Wildman–Crippen LogP) is 3.15. The third kappa shape index (κ3) is 4.41. The standard InChI is InChI=1S/C17H34N2O2/c1-4-21-17(11-9-16(2,3)10-12-17)15(19-18)8-7-14-6-5-13-20-14/h14-15,19H,4-13,18H2,1-3H3. The molecule has 0 bridgehead atoms. The van der Waals surface area contributed by atoms with Crippen molar-refractivity contribution in [3.8, 4) is 0 Å². The number of nitrogens with two attached hydrogens (primary N) is 1. The van der Waals surface area contributed by atoms with E-state index in [1.165, 1.54) is 25.7 Å². The van der Waals surface area contributed by atoms with Gasteiger partial charge < -0.3 is 9.47 Å². The molecule has 2 fully saturated rings. The smallest absolute Gasteiger partial charge is 0.0848 e. The highest BCUT2D eigenvalue weighted by Crippen LogP contribution is 2.44. The van der Waals surface area contributed by atoms with Crippen LogP contribution in [0.4, 0.5) is 0 Å². The summed E-state index contributed by atoms with van der Waals surface area (Å²) in [5, 5.41) is 0. The van der Waals surface area contributed by atoms with Crippen LogP contribution in [0.3, 0.4) is 0 Å². The lowest BCUT2D eigenvalue weighted by molar-refractivity contribution is -0.109. The molecule has 0 aromatic carbocycles. The Morgan fingerprint density at radius 2 is 2.00 bits per heavy atom. The van der Waals surface area contributed by atoms with Gasteiger partial charge in [0.2, 0.25) is 0 Å². The summed E-state index contributed by atoms with van der Waals surface area (Å²) in [6, 6.07) is 0.234. The van der Waals surface area contributed by atoms with Gasteiger partial charge in [0.1, 0.15) is 0 Å². The highest BCUT2D eigenvalue weighted by Gasteiger charge is 2.44. The topological polar surface area (TPSA) is 56.5 Å². The van der Waals surface area contributed by atoms with Gasteiger partial charge in [0.05, 0.1) is 17.7 Å². The Hall–Kier alpha value is -0.160. The van der Waals surface area contributed by atoms with Crippen LogP contribution in [-0.4, -0.2) is 31.0 Å². The molecular weight excluding hydrogens is 264 g/mol. The average molecular weight is 298 g/mol. The molecule has 2 aliphatic rings. The van der Waals surface area contributed by atoms with Gasteiger partial charge in [0.25, 0.3) is 0 Å². The first-order valence-corrected chi connectivity index (χ1v) is 8.73. The predicted molar refractivity (Wildman–Crippen MR) is 85.9 cm³/mol. The molecule has 4 heteroatoms. The zero-order valence-corrected chi connectivity index (χ0v) is 14.1. The van der Waals surface area contributed by atoms with Gasteiger partial charge in [0.15, 0.2) is 0 Å². The molecule has 2 unspecified atom stereocenters. The molecule has 0 aromatic rings. The van der Waals surface area contributed by atoms with Gasteiger partial charge in [0, 0.05) is 13.2 Å². The third-order valence-electron chi connectivity index (χ3n) is 5.52. The Labute approximate surface area is 130 Å². The number of hydrazine groups is 1. The summed E-state index contributed by atoms with van der Waals surface area (Å²) in [7, 11) is 0. The zero-order chi connectivity index (χ0) is 15.3. The van der Waals surface area contributed by atoms with Crippen LogP contribution < -0.4 is 11.3 Å². The second-order valence-electron chi connectivity index (χ2n) is 7.59. The Kier molecular flexibility index (Phi) is 6.06. The first-order chi connectivity index (χ1) is 10.0. The molecule has 2 atom stereocenters. The Balaban J connectivity index is 1.96. The van der Waals surface area contributed by atoms with Gasteiger partial charge >= 0.3 is 0 Å². The molecule has 0 radical (unpaired) electrons. The number of hydrogen-bond donors (Lipinski definition) is 2. The minimum Gasteiger partial charge on any atom is -0.378 e. The van der Waals surface area contributed by atoms with E-state index < -0.39 is 0 Å². The van der Waals surface area contributed by atoms with Crippen LogP contribution in [0.25, 0.3) is 0 Å². The summed E-state index contributed by atoms with van der Waals surface area (Å²) in [5.41, 5.74) is 3.42. The van der Waals surface area contributed by atoms with Crippen LogP contribution >= 0.6 is 0 Å². The van der Waals surface area contributed by atoms with Crippen LogP contribution in [0.1, 0.15) is 72.1 Å². The molecular formula is C17H34N2O2. The van der Waals surface area contributed by atoms with Gasteiger partial charge in [-0.15, -0.1) is 0 Å². The minimum atomic E-state index is -0.0857. The number of hydrogen-bond acceptors (Lipinski definition) is 4. The summed E-state index contributed by atoms with van der Waals surface area (Å²) in [6.45, 7) is 8.50. The van der Waals surface area contributed by atoms with Crippen molar-refractivity contribution in [2.45, 2.75) is 89.9 Å². The largest absolute Gasteiger partial charge is 0.378 e. The Morgan fingerprint density at radius 1 is 1.29 bits per heavy atom. The van der Waals surface area contributed by atoms with Crippen molar-refractivity contribution < 1.29 is 9.47 Å². The summed E-state index contributed by atoms with van der Waals surface area (Å²) >= 11 is 0. The van der Waals surface area contributed by atoms with Gasteiger partial charge in [-0.2, -0.15) is 0 Å². The molecule has 1 heterocycles. The van der Waals surface area contributed by atoms with Crippen LogP contribution in [-0.2, 0) is 9.47 Å². The number of nitrogens with one attached hydrogen (secondary N) is 1. The van der Waals surface area contributed by atoms with E-state index in [4.69, 9.17) is 15.3 Å². The second kappa shape index (κ2) is 7.40. The van der Waals surface area contributed by atoms with Crippen LogP contribution in [0.2, 0.25) is 0 Å². The van der Waals surface area contributed by atoms with Crippen molar-refractivity contribution in [2.24, 2.45) is 11.3 Å². The van der Waals surface area contributed by atoms with Crippen molar-refractivity contribution in [3.05, 3.63) is 0 Å². The quantitative estimate of drug-likeness (QED) is 0.560. The summed E-state index contributed by atoms with van der Waals surface area (Å²) < 4.78 is 12.0. The molecule has 124 valence electrons. The molecule has 1 aliphatic carbocycles. The van der Waals surface area contributed by atoms with Crippen LogP contribution in [0, 0.1) is 5.41 Å². The van der Waals surface area contributed by atoms with Gasteiger partial charge in [-0.05, 0) is 63.7 Å². The van der Waals surface area contributed by atoms with Crippen molar-refractivity contribution in [2.75, 3.05) is 13.2 Å². The Morgan fingerprint density at radius 3 is 2.52 bits per heavy atom. The Bertz CT molecular complexity index is 304. The van der Waals surface area contributed by atoms with Crippen molar-refractivity contribution in [3.63, 3.8) is 0 Å². The highest BCUT2D eigenvalue weighted by molar-refractivity contribution is 4.98. The van der Waals surface area contributed by atoms with Gasteiger partial charge in [-0.1, -0.05) is 13.8 Å². The summed E-state index contributed by atoms with van der Waals surface area (Å²) in [5.74, 6) is 5.90. The van der Waals surface area contributed by atoms with E-state index in [2.05, 4.69) is 26.2 Å². The lowest BCUT2D eigenvalue weighted by Gasteiger charge is -2.47. The second-order valence-corrected chi connectivity index (χ2v) is 7.59. The minimum absolute atomic E-state index is 0.0857. The van der Waals surface area contributed by atoms with E-state index in [0.29, 0.717) is 11.5 Å². The highest BCUT2D eigenvalue weighted by atomic mass is 16.5. The third-order valence-corrected chi connectivity index (χ3v) is 5.52. The maximum absolute atomic E-state index is 6.25. The SMILES string of the molecule is CCOC1(C(CCC2CCCO2)NN)CCC(C)(C)CC1. The molecule has 21 heavy (non-hydrogen) atoms. The molecule has 0 aromatic heterocycles. The molecule has 0 amide bonds. The molecule has 1 saturated heterocycles. The molecule has 3 N–H and O–H groups in total. The van der Waals surface area contributed by atoms with Crippen molar-refractivity contribution in [1.82, 2.24) is 5.43 Å². The average Bonchev–Trinajstić information content (AvgIpc) is 2.96. The van der Waals surface area contributed by atoms with E-state index in [1.54, 1.807) is 0 Å². The molecule has 2 rings (SSSR count). The van der Waals surface area contributed by atoms with Gasteiger partial charge in [-0.25, -0.2) is 0 Å². The van der Waals surface area contributed by atoms with Crippen molar-refractivity contribution >= 4 is 0 Å². The fourth-order valence-corrected chi connectivity index (χ4v) is 3.95. The maximum atomic E-state index is 6.25. The first kappa shape index (κ1) is 17.2. The molecule has 1 saturated carbocycles. The summed E-state index contributed by atoms with van der Waals surface area (Å²) in [4.78, 5) is 0. The fraction of sp³-hybridized carbons (Fsp3) is 1.00. The van der Waals surface area contributed by atoms with Gasteiger partial charge in [-0.3, -0.25) is 11.3 Å². The monoisotopic (exact) mass is 298 g/mol. The normalized spacial score (nSPS) is 29.4. The first-order valence-electron chi connectivity index (χ1n) is 8.73.